The van der Waals surface area contributed by atoms with E-state index in [-0.39, 0.29) is 17.7 Å². The first-order valence-corrected chi connectivity index (χ1v) is 12.0. The van der Waals surface area contributed by atoms with Crippen molar-refractivity contribution >= 4 is 34.3 Å². The number of likely N-dealkylation sites (tertiary alicyclic amines) is 1. The monoisotopic (exact) mass is 432 g/mol. The Balaban J connectivity index is 1.34. The third-order valence-corrected chi connectivity index (χ3v) is 6.74. The SMILES string of the molecule is CSc1ccc(CNC(=O)[C@H]2CCCN(C(=O)Cc3cccc4ccccc34)C2)cc1. The molecule has 1 aliphatic heterocycles. The van der Waals surface area contributed by atoms with Crippen molar-refractivity contribution in [3.63, 3.8) is 0 Å². The Labute approximate surface area is 188 Å². The highest BCUT2D eigenvalue weighted by atomic mass is 32.2. The fourth-order valence-electron chi connectivity index (χ4n) is 4.22. The molecule has 4 nitrogen and oxygen atoms in total. The van der Waals surface area contributed by atoms with Gasteiger partial charge in [0.15, 0.2) is 0 Å². The number of fused-ring (bicyclic) bond motifs is 1. The zero-order valence-electron chi connectivity index (χ0n) is 17.8. The van der Waals surface area contributed by atoms with E-state index in [9.17, 15) is 9.59 Å². The molecule has 0 spiro atoms. The van der Waals surface area contributed by atoms with Crippen molar-refractivity contribution in [1.29, 1.82) is 0 Å². The molecule has 31 heavy (non-hydrogen) atoms. The van der Waals surface area contributed by atoms with Crippen LogP contribution >= 0.6 is 11.8 Å². The van der Waals surface area contributed by atoms with Crippen LogP contribution in [0.25, 0.3) is 10.8 Å². The number of carbonyl (C=O) groups excluding carboxylic acids is 2. The number of benzene rings is 3. The number of carbonyl (C=O) groups is 2. The lowest BCUT2D eigenvalue weighted by Crippen LogP contribution is -2.45. The molecule has 1 saturated heterocycles. The van der Waals surface area contributed by atoms with Gasteiger partial charge in [-0.1, -0.05) is 54.6 Å². The third-order valence-electron chi connectivity index (χ3n) is 5.99. The lowest BCUT2D eigenvalue weighted by atomic mass is 9.95. The molecular weight excluding hydrogens is 404 g/mol. The maximum atomic E-state index is 13.0. The van der Waals surface area contributed by atoms with Gasteiger partial charge >= 0.3 is 0 Å². The van der Waals surface area contributed by atoms with Crippen LogP contribution in [0.1, 0.15) is 24.0 Å². The predicted octanol–water partition coefficient (Wildman–Crippen LogP) is 4.66. The topological polar surface area (TPSA) is 49.4 Å². The van der Waals surface area contributed by atoms with E-state index in [0.717, 1.165) is 41.3 Å². The first-order valence-electron chi connectivity index (χ1n) is 10.8. The van der Waals surface area contributed by atoms with Crippen molar-refractivity contribution < 1.29 is 9.59 Å². The molecular formula is C26H28N2O2S. The summed E-state index contributed by atoms with van der Waals surface area (Å²) >= 11 is 1.70. The summed E-state index contributed by atoms with van der Waals surface area (Å²) in [5, 5.41) is 5.33. The van der Waals surface area contributed by atoms with Crippen LogP contribution in [0.3, 0.4) is 0 Å². The molecule has 4 rings (SSSR count). The van der Waals surface area contributed by atoms with Crippen LogP contribution in [0.15, 0.2) is 71.6 Å². The minimum absolute atomic E-state index is 0.0385. The molecule has 160 valence electrons. The van der Waals surface area contributed by atoms with Crippen molar-refractivity contribution in [2.75, 3.05) is 19.3 Å². The van der Waals surface area contributed by atoms with Gasteiger partial charge in [-0.15, -0.1) is 11.8 Å². The molecule has 1 atom stereocenters. The molecule has 0 saturated carbocycles. The number of thioether (sulfide) groups is 1. The lowest BCUT2D eigenvalue weighted by molar-refractivity contribution is -0.135. The second kappa shape index (κ2) is 10.0. The van der Waals surface area contributed by atoms with E-state index in [4.69, 9.17) is 0 Å². The molecule has 0 radical (unpaired) electrons. The molecule has 1 fully saturated rings. The smallest absolute Gasteiger partial charge is 0.227 e. The largest absolute Gasteiger partial charge is 0.352 e. The first kappa shape index (κ1) is 21.4. The third kappa shape index (κ3) is 5.28. The second-order valence-corrected chi connectivity index (χ2v) is 8.94. The minimum Gasteiger partial charge on any atom is -0.352 e. The molecule has 2 amide bonds. The Morgan fingerprint density at radius 1 is 1.03 bits per heavy atom. The summed E-state index contributed by atoms with van der Waals surface area (Å²) < 4.78 is 0. The van der Waals surface area contributed by atoms with Crippen molar-refractivity contribution in [3.05, 3.63) is 77.9 Å². The van der Waals surface area contributed by atoms with Gasteiger partial charge in [-0.25, -0.2) is 0 Å². The van der Waals surface area contributed by atoms with Gasteiger partial charge in [-0.05, 0) is 53.1 Å². The predicted molar refractivity (Wildman–Crippen MR) is 127 cm³/mol. The Kier molecular flexibility index (Phi) is 6.92. The van der Waals surface area contributed by atoms with Crippen LogP contribution < -0.4 is 5.32 Å². The van der Waals surface area contributed by atoms with Gasteiger partial charge in [-0.3, -0.25) is 9.59 Å². The summed E-state index contributed by atoms with van der Waals surface area (Å²) in [7, 11) is 0. The maximum absolute atomic E-state index is 13.0. The molecule has 3 aromatic carbocycles. The van der Waals surface area contributed by atoms with Gasteiger partial charge in [0.25, 0.3) is 0 Å². The summed E-state index contributed by atoms with van der Waals surface area (Å²) in [5.41, 5.74) is 2.13. The summed E-state index contributed by atoms with van der Waals surface area (Å²) in [5.74, 6) is -0.00574. The highest BCUT2D eigenvalue weighted by Gasteiger charge is 2.28. The number of nitrogens with zero attached hydrogens (tertiary/aromatic N) is 1. The average Bonchev–Trinajstić information content (AvgIpc) is 2.83. The van der Waals surface area contributed by atoms with E-state index < -0.39 is 0 Å². The van der Waals surface area contributed by atoms with Crippen molar-refractivity contribution in [3.8, 4) is 0 Å². The van der Waals surface area contributed by atoms with E-state index in [1.54, 1.807) is 11.8 Å². The van der Waals surface area contributed by atoms with Crippen LogP contribution in [-0.2, 0) is 22.6 Å². The number of hydrogen-bond donors (Lipinski definition) is 1. The zero-order valence-corrected chi connectivity index (χ0v) is 18.7. The minimum atomic E-state index is -0.143. The zero-order chi connectivity index (χ0) is 21.6. The lowest BCUT2D eigenvalue weighted by Gasteiger charge is -2.32. The van der Waals surface area contributed by atoms with Gasteiger partial charge in [0.05, 0.1) is 12.3 Å². The summed E-state index contributed by atoms with van der Waals surface area (Å²) in [4.78, 5) is 28.8. The molecule has 5 heteroatoms. The first-order chi connectivity index (χ1) is 15.1. The van der Waals surface area contributed by atoms with Gasteiger partial charge in [0.1, 0.15) is 0 Å². The molecule has 0 aliphatic carbocycles. The van der Waals surface area contributed by atoms with Crippen molar-refractivity contribution in [2.45, 2.75) is 30.7 Å². The number of piperidine rings is 1. The standard InChI is InChI=1S/C26H28N2O2S/c1-31-23-13-11-19(12-14-23)17-27-26(30)22-9-5-15-28(18-22)25(29)16-21-8-4-7-20-6-2-3-10-24(20)21/h2-4,6-8,10-14,22H,5,9,15-18H2,1H3,(H,27,30)/t22-/m0/s1. The van der Waals surface area contributed by atoms with Gasteiger partial charge in [-0.2, -0.15) is 0 Å². The maximum Gasteiger partial charge on any atom is 0.227 e. The Bertz CT molecular complexity index is 1060. The fraction of sp³-hybridized carbons (Fsp3) is 0.308. The fourth-order valence-corrected chi connectivity index (χ4v) is 4.62. The second-order valence-electron chi connectivity index (χ2n) is 8.06. The summed E-state index contributed by atoms with van der Waals surface area (Å²) in [6.45, 7) is 1.75. The molecule has 1 N–H and O–H groups in total. The van der Waals surface area contributed by atoms with E-state index in [2.05, 4.69) is 35.6 Å². The van der Waals surface area contributed by atoms with Crippen LogP contribution in [0.5, 0.6) is 0 Å². The summed E-state index contributed by atoms with van der Waals surface area (Å²) in [6, 6.07) is 22.5. The number of amides is 2. The highest BCUT2D eigenvalue weighted by Crippen LogP contribution is 2.22. The Hall–Kier alpha value is -2.79. The molecule has 1 aliphatic rings. The Morgan fingerprint density at radius 3 is 2.61 bits per heavy atom. The molecule has 0 aromatic heterocycles. The van der Waals surface area contributed by atoms with Crippen LogP contribution in [-0.4, -0.2) is 36.1 Å². The number of nitrogens with one attached hydrogen (secondary N) is 1. The number of hydrogen-bond acceptors (Lipinski definition) is 3. The normalized spacial score (nSPS) is 16.3. The van der Waals surface area contributed by atoms with Gasteiger partial charge in [0, 0.05) is 24.5 Å². The summed E-state index contributed by atoms with van der Waals surface area (Å²) in [6.07, 6.45) is 4.11. The molecule has 0 unspecified atom stereocenters. The van der Waals surface area contributed by atoms with Crippen LogP contribution in [0.2, 0.25) is 0 Å². The van der Waals surface area contributed by atoms with E-state index in [1.165, 1.54) is 4.90 Å². The number of rotatable bonds is 6. The highest BCUT2D eigenvalue weighted by molar-refractivity contribution is 7.98. The molecule has 1 heterocycles. The van der Waals surface area contributed by atoms with E-state index in [1.807, 2.05) is 47.6 Å². The Morgan fingerprint density at radius 2 is 1.81 bits per heavy atom. The average molecular weight is 433 g/mol. The van der Waals surface area contributed by atoms with Gasteiger partial charge in [0.2, 0.25) is 11.8 Å². The van der Waals surface area contributed by atoms with E-state index in [0.29, 0.717) is 19.5 Å². The quantitative estimate of drug-likeness (QED) is 0.577. The van der Waals surface area contributed by atoms with E-state index >= 15 is 0 Å². The van der Waals surface area contributed by atoms with Crippen molar-refractivity contribution in [2.24, 2.45) is 5.92 Å². The van der Waals surface area contributed by atoms with Crippen LogP contribution in [0.4, 0.5) is 0 Å². The molecule has 3 aromatic rings. The van der Waals surface area contributed by atoms with Crippen molar-refractivity contribution in [1.82, 2.24) is 10.2 Å². The van der Waals surface area contributed by atoms with Gasteiger partial charge < -0.3 is 10.2 Å². The van der Waals surface area contributed by atoms with Crippen LogP contribution in [0, 0.1) is 5.92 Å². The molecule has 0 bridgehead atoms.